The van der Waals surface area contributed by atoms with Crippen LogP contribution in [-0.4, -0.2) is 85.0 Å². The van der Waals surface area contributed by atoms with Crippen molar-refractivity contribution in [2.24, 2.45) is 4.99 Å². The molecule has 3 heterocycles. The fourth-order valence-corrected chi connectivity index (χ4v) is 3.84. The van der Waals surface area contributed by atoms with Crippen molar-refractivity contribution in [3.63, 3.8) is 0 Å². The molecule has 1 aromatic heterocycles. The summed E-state index contributed by atoms with van der Waals surface area (Å²) in [6, 6.07) is 3.84. The Labute approximate surface area is 191 Å². The van der Waals surface area contributed by atoms with E-state index in [9.17, 15) is 4.79 Å². The average Bonchev–Trinajstić information content (AvgIpc) is 3.44. The van der Waals surface area contributed by atoms with E-state index in [2.05, 4.69) is 21.7 Å². The highest BCUT2D eigenvalue weighted by Gasteiger charge is 2.30. The Morgan fingerprint density at radius 3 is 2.59 bits per heavy atom. The van der Waals surface area contributed by atoms with E-state index in [1.807, 2.05) is 30.0 Å². The topological polar surface area (TPSA) is 64.3 Å². The standard InChI is InChI=1S/C21H33N5O2.HI/c1-3-9-22-21(23-10-8-19-7-6-17-28-19)26-15-13-24(14-16-26)18(2)20(27)25-11-4-5-12-25;/h3,6-7,17-18H,1,4-5,8-16H2,2H3,(H,22,23);1H. The van der Waals surface area contributed by atoms with Crippen LogP contribution in [0.3, 0.4) is 0 Å². The van der Waals surface area contributed by atoms with Gasteiger partial charge in [-0.25, -0.2) is 0 Å². The highest BCUT2D eigenvalue weighted by Crippen LogP contribution is 2.14. The lowest BCUT2D eigenvalue weighted by atomic mass is 10.2. The van der Waals surface area contributed by atoms with Crippen LogP contribution in [0.15, 0.2) is 40.5 Å². The molecule has 0 aliphatic carbocycles. The molecular weight excluding hydrogens is 481 g/mol. The molecule has 0 saturated carbocycles. The summed E-state index contributed by atoms with van der Waals surface area (Å²) in [5, 5.41) is 3.36. The molecule has 1 aromatic rings. The normalized spacial score (nSPS) is 19.0. The number of halogens is 1. The first-order valence-electron chi connectivity index (χ1n) is 10.4. The number of nitrogens with one attached hydrogen (secondary N) is 1. The highest BCUT2D eigenvalue weighted by molar-refractivity contribution is 14.0. The maximum atomic E-state index is 12.7. The lowest BCUT2D eigenvalue weighted by Gasteiger charge is -2.39. The number of guanidine groups is 1. The van der Waals surface area contributed by atoms with Gasteiger partial charge in [0.05, 0.1) is 12.3 Å². The lowest BCUT2D eigenvalue weighted by Crippen LogP contribution is -2.57. The summed E-state index contributed by atoms with van der Waals surface area (Å²) < 4.78 is 5.38. The zero-order valence-corrected chi connectivity index (χ0v) is 19.7. The summed E-state index contributed by atoms with van der Waals surface area (Å²) in [5.41, 5.74) is 0. The maximum absolute atomic E-state index is 12.7. The van der Waals surface area contributed by atoms with Gasteiger partial charge in [0.25, 0.3) is 0 Å². The van der Waals surface area contributed by atoms with Crippen molar-refractivity contribution in [1.82, 2.24) is 20.0 Å². The van der Waals surface area contributed by atoms with Crippen molar-refractivity contribution in [2.75, 3.05) is 52.4 Å². The van der Waals surface area contributed by atoms with Crippen LogP contribution in [-0.2, 0) is 11.2 Å². The summed E-state index contributed by atoms with van der Waals surface area (Å²) in [5.74, 6) is 2.14. The van der Waals surface area contributed by atoms with Crippen molar-refractivity contribution < 1.29 is 9.21 Å². The molecule has 2 aliphatic heterocycles. The molecular formula is C21H34IN5O2. The minimum absolute atomic E-state index is 0. The largest absolute Gasteiger partial charge is 0.469 e. The van der Waals surface area contributed by atoms with Gasteiger partial charge in [-0.2, -0.15) is 0 Å². The molecule has 0 spiro atoms. The van der Waals surface area contributed by atoms with Crippen LogP contribution in [0.25, 0.3) is 0 Å². The van der Waals surface area contributed by atoms with E-state index in [0.717, 1.165) is 70.3 Å². The van der Waals surface area contributed by atoms with Gasteiger partial charge >= 0.3 is 0 Å². The van der Waals surface area contributed by atoms with E-state index >= 15 is 0 Å². The summed E-state index contributed by atoms with van der Waals surface area (Å²) in [6.07, 6.45) is 6.60. The van der Waals surface area contributed by atoms with E-state index in [-0.39, 0.29) is 35.9 Å². The van der Waals surface area contributed by atoms with E-state index in [0.29, 0.717) is 13.1 Å². The van der Waals surface area contributed by atoms with E-state index in [4.69, 9.17) is 9.41 Å². The number of furan rings is 1. The minimum Gasteiger partial charge on any atom is -0.469 e. The number of aliphatic imine (C=N–C) groups is 1. The highest BCUT2D eigenvalue weighted by atomic mass is 127. The van der Waals surface area contributed by atoms with Gasteiger partial charge in [0.1, 0.15) is 5.76 Å². The molecule has 8 heteroatoms. The molecule has 3 rings (SSSR count). The van der Waals surface area contributed by atoms with Gasteiger partial charge < -0.3 is 19.5 Å². The van der Waals surface area contributed by atoms with E-state index < -0.39 is 0 Å². The molecule has 2 saturated heterocycles. The van der Waals surface area contributed by atoms with Crippen LogP contribution in [0.4, 0.5) is 0 Å². The monoisotopic (exact) mass is 515 g/mol. The van der Waals surface area contributed by atoms with Crippen LogP contribution in [0.1, 0.15) is 25.5 Å². The number of hydrogen-bond acceptors (Lipinski definition) is 4. The fraction of sp³-hybridized carbons (Fsp3) is 0.619. The first-order valence-corrected chi connectivity index (χ1v) is 10.4. The van der Waals surface area contributed by atoms with E-state index in [1.54, 1.807) is 6.26 Å². The number of hydrogen-bond donors (Lipinski definition) is 1. The van der Waals surface area contributed by atoms with Gasteiger partial charge in [-0.3, -0.25) is 14.7 Å². The van der Waals surface area contributed by atoms with Crippen LogP contribution in [0.5, 0.6) is 0 Å². The first kappa shape index (κ1) is 23.7. The predicted octanol–water partition coefficient (Wildman–Crippen LogP) is 2.20. The molecule has 2 fully saturated rings. The Kier molecular flexibility index (Phi) is 9.99. The van der Waals surface area contributed by atoms with Crippen LogP contribution >= 0.6 is 24.0 Å². The van der Waals surface area contributed by atoms with Gasteiger partial charge in [0.2, 0.25) is 5.91 Å². The fourth-order valence-electron chi connectivity index (χ4n) is 3.84. The van der Waals surface area contributed by atoms with Crippen molar-refractivity contribution in [1.29, 1.82) is 0 Å². The zero-order chi connectivity index (χ0) is 19.8. The van der Waals surface area contributed by atoms with Gasteiger partial charge in [-0.1, -0.05) is 6.08 Å². The van der Waals surface area contributed by atoms with Crippen LogP contribution in [0, 0.1) is 0 Å². The van der Waals surface area contributed by atoms with Crippen molar-refractivity contribution in [3.05, 3.63) is 36.8 Å². The quantitative estimate of drug-likeness (QED) is 0.261. The molecule has 7 nitrogen and oxygen atoms in total. The molecule has 29 heavy (non-hydrogen) atoms. The second-order valence-electron chi connectivity index (χ2n) is 7.44. The smallest absolute Gasteiger partial charge is 0.239 e. The summed E-state index contributed by atoms with van der Waals surface area (Å²) in [4.78, 5) is 24.0. The SMILES string of the molecule is C=CCNC(=NCCc1ccco1)N1CCN(C(C)C(=O)N2CCCC2)CC1.I. The molecule has 1 N–H and O–H groups in total. The Bertz CT molecular complexity index is 650. The average molecular weight is 515 g/mol. The van der Waals surface area contributed by atoms with Crippen LogP contribution < -0.4 is 5.32 Å². The van der Waals surface area contributed by atoms with Gasteiger partial charge in [0.15, 0.2) is 5.96 Å². The Hall–Kier alpha value is -1.55. The van der Waals surface area contributed by atoms with Gasteiger partial charge in [0, 0.05) is 58.8 Å². The van der Waals surface area contributed by atoms with Crippen LogP contribution in [0.2, 0.25) is 0 Å². The third-order valence-electron chi connectivity index (χ3n) is 5.54. The van der Waals surface area contributed by atoms with Crippen molar-refractivity contribution >= 4 is 35.8 Å². The Morgan fingerprint density at radius 2 is 1.97 bits per heavy atom. The second-order valence-corrected chi connectivity index (χ2v) is 7.44. The minimum atomic E-state index is -0.0410. The number of rotatable bonds is 7. The Morgan fingerprint density at radius 1 is 1.24 bits per heavy atom. The van der Waals surface area contributed by atoms with Crippen molar-refractivity contribution in [2.45, 2.75) is 32.2 Å². The number of carbonyl (C=O) groups is 1. The third kappa shape index (κ3) is 6.74. The molecule has 1 unspecified atom stereocenters. The van der Waals surface area contributed by atoms with Gasteiger partial charge in [-0.15, -0.1) is 30.6 Å². The predicted molar refractivity (Wildman–Crippen MR) is 127 cm³/mol. The number of amides is 1. The summed E-state index contributed by atoms with van der Waals surface area (Å²) in [7, 11) is 0. The number of piperazine rings is 1. The maximum Gasteiger partial charge on any atom is 0.239 e. The lowest BCUT2D eigenvalue weighted by molar-refractivity contribution is -0.135. The number of nitrogens with zero attached hydrogens (tertiary/aromatic N) is 4. The molecule has 0 aromatic carbocycles. The van der Waals surface area contributed by atoms with Crippen molar-refractivity contribution in [3.8, 4) is 0 Å². The molecule has 1 atom stereocenters. The number of carbonyl (C=O) groups excluding carboxylic acids is 1. The summed E-state index contributed by atoms with van der Waals surface area (Å²) >= 11 is 0. The second kappa shape index (κ2) is 12.2. The molecule has 1 amide bonds. The summed E-state index contributed by atoms with van der Waals surface area (Å²) in [6.45, 7) is 12.5. The molecule has 0 bridgehead atoms. The Balaban J connectivity index is 0.00000300. The van der Waals surface area contributed by atoms with E-state index in [1.165, 1.54) is 0 Å². The third-order valence-corrected chi connectivity index (χ3v) is 5.54. The molecule has 0 radical (unpaired) electrons. The molecule has 2 aliphatic rings. The number of likely N-dealkylation sites (tertiary alicyclic amines) is 1. The zero-order valence-electron chi connectivity index (χ0n) is 17.4. The first-order chi connectivity index (χ1) is 13.7. The van der Waals surface area contributed by atoms with Gasteiger partial charge in [-0.05, 0) is 31.9 Å². The molecule has 162 valence electrons.